The van der Waals surface area contributed by atoms with E-state index in [-0.39, 0.29) is 0 Å². The van der Waals surface area contributed by atoms with Crippen LogP contribution in [0.1, 0.15) is 11.1 Å². The van der Waals surface area contributed by atoms with Crippen LogP contribution >= 0.6 is 0 Å². The van der Waals surface area contributed by atoms with Gasteiger partial charge in [0.25, 0.3) is 5.56 Å². The molecule has 1 N–H and O–H groups in total. The first kappa shape index (κ1) is 20.1. The Hall–Kier alpha value is -4.20. The zero-order chi connectivity index (χ0) is 21.8. The van der Waals surface area contributed by atoms with Crippen molar-refractivity contribution in [2.45, 2.75) is 6.54 Å². The molecule has 0 amide bonds. The summed E-state index contributed by atoms with van der Waals surface area (Å²) in [6.07, 6.45) is 5.57. The molecule has 0 aliphatic heterocycles. The summed E-state index contributed by atoms with van der Waals surface area (Å²) in [5.41, 5.74) is 4.69. The molecule has 0 saturated heterocycles. The molecule has 4 rings (SSSR count). The van der Waals surface area contributed by atoms with E-state index in [9.17, 15) is 9.59 Å². The lowest BCUT2D eigenvalue weighted by Gasteiger charge is -2.06. The smallest absolute Gasteiger partial charge is 0.299 e. The van der Waals surface area contributed by atoms with Crippen molar-refractivity contribution >= 4 is 29.4 Å². The fourth-order valence-electron chi connectivity index (χ4n) is 3.27. The van der Waals surface area contributed by atoms with Gasteiger partial charge in [-0.3, -0.25) is 18.5 Å². The molecule has 0 fully saturated rings. The normalized spacial score (nSPS) is 11.7. The number of benzene rings is 2. The molecule has 0 bridgehead atoms. The van der Waals surface area contributed by atoms with Gasteiger partial charge in [-0.25, -0.2) is 10.2 Å². The van der Waals surface area contributed by atoms with E-state index >= 15 is 0 Å². The third kappa shape index (κ3) is 4.09. The third-order valence-electron chi connectivity index (χ3n) is 4.92. The first-order valence-electron chi connectivity index (χ1n) is 9.78. The monoisotopic (exact) mass is 414 g/mol. The van der Waals surface area contributed by atoms with Crippen LogP contribution in [-0.2, 0) is 20.6 Å². The van der Waals surface area contributed by atoms with E-state index in [1.165, 1.54) is 11.6 Å². The van der Waals surface area contributed by atoms with Crippen LogP contribution in [0.5, 0.6) is 0 Å². The number of hydrazone groups is 1. The van der Waals surface area contributed by atoms with Gasteiger partial charge in [0, 0.05) is 20.6 Å². The first-order valence-corrected chi connectivity index (χ1v) is 9.78. The van der Waals surface area contributed by atoms with Crippen molar-refractivity contribution < 1.29 is 0 Å². The van der Waals surface area contributed by atoms with Crippen LogP contribution in [0.4, 0.5) is 5.95 Å². The Bertz CT molecular complexity index is 1380. The summed E-state index contributed by atoms with van der Waals surface area (Å²) in [5, 5.41) is 4.26. The van der Waals surface area contributed by atoms with Gasteiger partial charge in [0.2, 0.25) is 5.95 Å². The molecule has 2 aromatic carbocycles. The summed E-state index contributed by atoms with van der Waals surface area (Å²) in [7, 11) is 3.06. The summed E-state index contributed by atoms with van der Waals surface area (Å²) in [6, 6.07) is 19.5. The van der Waals surface area contributed by atoms with Crippen LogP contribution in [-0.4, -0.2) is 24.9 Å². The summed E-state index contributed by atoms with van der Waals surface area (Å²) < 4.78 is 4.16. The minimum absolute atomic E-state index is 0.304. The number of imidazole rings is 1. The summed E-state index contributed by atoms with van der Waals surface area (Å²) in [5.74, 6) is 0.373. The SMILES string of the molecule is Cn1c(=O)c2c(nc(N/N=C/c3ccccc3)n2C/C=C/c2ccccc2)n(C)c1=O. The number of anilines is 1. The Morgan fingerprint density at radius 3 is 2.26 bits per heavy atom. The Kier molecular flexibility index (Phi) is 5.61. The number of aryl methyl sites for hydroxylation is 1. The van der Waals surface area contributed by atoms with Gasteiger partial charge < -0.3 is 0 Å². The average molecular weight is 414 g/mol. The number of hydrogen-bond donors (Lipinski definition) is 1. The molecule has 0 unspecified atom stereocenters. The number of nitrogens with one attached hydrogen (secondary N) is 1. The maximum absolute atomic E-state index is 12.9. The quantitative estimate of drug-likeness (QED) is 0.388. The minimum Gasteiger partial charge on any atom is -0.299 e. The first-order chi connectivity index (χ1) is 15.1. The minimum atomic E-state index is -0.429. The number of fused-ring (bicyclic) bond motifs is 1. The molecule has 0 atom stereocenters. The number of rotatable bonds is 6. The molecule has 2 aromatic heterocycles. The van der Waals surface area contributed by atoms with Crippen LogP contribution in [0, 0.1) is 0 Å². The van der Waals surface area contributed by atoms with Crippen LogP contribution < -0.4 is 16.7 Å². The van der Waals surface area contributed by atoms with Crippen molar-refractivity contribution in [2.24, 2.45) is 19.2 Å². The van der Waals surface area contributed by atoms with Gasteiger partial charge in [-0.15, -0.1) is 0 Å². The van der Waals surface area contributed by atoms with Crippen molar-refractivity contribution in [3.05, 3.63) is 98.7 Å². The Morgan fingerprint density at radius 1 is 0.935 bits per heavy atom. The fourth-order valence-corrected chi connectivity index (χ4v) is 3.27. The maximum atomic E-state index is 12.9. The van der Waals surface area contributed by atoms with Crippen molar-refractivity contribution in [1.29, 1.82) is 0 Å². The highest BCUT2D eigenvalue weighted by Crippen LogP contribution is 2.16. The molecule has 31 heavy (non-hydrogen) atoms. The molecule has 8 nitrogen and oxygen atoms in total. The van der Waals surface area contributed by atoms with E-state index in [2.05, 4.69) is 15.5 Å². The third-order valence-corrected chi connectivity index (χ3v) is 4.92. The van der Waals surface area contributed by atoms with Crippen LogP contribution in [0.25, 0.3) is 17.2 Å². The van der Waals surface area contributed by atoms with Crippen LogP contribution in [0.15, 0.2) is 81.4 Å². The van der Waals surface area contributed by atoms with Gasteiger partial charge in [0.05, 0.1) is 6.21 Å². The maximum Gasteiger partial charge on any atom is 0.332 e. The molecule has 4 aromatic rings. The second kappa shape index (κ2) is 8.66. The summed E-state index contributed by atoms with van der Waals surface area (Å²) >= 11 is 0. The lowest BCUT2D eigenvalue weighted by molar-refractivity contribution is 0.703. The van der Waals surface area contributed by atoms with Gasteiger partial charge in [-0.05, 0) is 11.1 Å². The summed E-state index contributed by atoms with van der Waals surface area (Å²) in [6.45, 7) is 0.377. The molecule has 0 saturated carbocycles. The lowest BCUT2D eigenvalue weighted by Crippen LogP contribution is -2.37. The highest BCUT2D eigenvalue weighted by Gasteiger charge is 2.18. The van der Waals surface area contributed by atoms with Crippen LogP contribution in [0.3, 0.4) is 0 Å². The topological polar surface area (TPSA) is 86.2 Å². The van der Waals surface area contributed by atoms with Crippen molar-refractivity contribution in [2.75, 3.05) is 5.43 Å². The van der Waals surface area contributed by atoms with Crippen molar-refractivity contribution in [3.63, 3.8) is 0 Å². The zero-order valence-corrected chi connectivity index (χ0v) is 17.3. The Labute approximate surface area is 178 Å². The van der Waals surface area contributed by atoms with Crippen molar-refractivity contribution in [3.8, 4) is 0 Å². The molecular weight excluding hydrogens is 392 g/mol. The second-order valence-corrected chi connectivity index (χ2v) is 7.02. The highest BCUT2D eigenvalue weighted by molar-refractivity contribution is 5.80. The number of aromatic nitrogens is 4. The Morgan fingerprint density at radius 2 is 1.58 bits per heavy atom. The number of allylic oxidation sites excluding steroid dienone is 1. The molecule has 156 valence electrons. The Balaban J connectivity index is 1.75. The van der Waals surface area contributed by atoms with E-state index in [1.54, 1.807) is 17.8 Å². The highest BCUT2D eigenvalue weighted by atomic mass is 16.2. The fraction of sp³-hybridized carbons (Fsp3) is 0.130. The molecule has 0 aliphatic rings. The van der Waals surface area contributed by atoms with Gasteiger partial charge in [0.15, 0.2) is 11.2 Å². The van der Waals surface area contributed by atoms with E-state index in [4.69, 9.17) is 0 Å². The van der Waals surface area contributed by atoms with E-state index in [0.717, 1.165) is 15.7 Å². The number of nitrogens with zero attached hydrogens (tertiary/aromatic N) is 5. The van der Waals surface area contributed by atoms with Crippen molar-refractivity contribution in [1.82, 2.24) is 18.7 Å². The molecule has 8 heteroatoms. The zero-order valence-electron chi connectivity index (χ0n) is 17.3. The molecule has 0 spiro atoms. The number of hydrogen-bond acceptors (Lipinski definition) is 5. The van der Waals surface area contributed by atoms with Gasteiger partial charge in [-0.1, -0.05) is 72.8 Å². The van der Waals surface area contributed by atoms with Gasteiger partial charge >= 0.3 is 5.69 Å². The molecule has 0 aliphatic carbocycles. The molecular formula is C23H22N6O2. The van der Waals surface area contributed by atoms with E-state index < -0.39 is 11.2 Å². The van der Waals surface area contributed by atoms with Gasteiger partial charge in [-0.2, -0.15) is 10.1 Å². The van der Waals surface area contributed by atoms with E-state index in [0.29, 0.717) is 23.7 Å². The predicted molar refractivity (Wildman–Crippen MR) is 123 cm³/mol. The van der Waals surface area contributed by atoms with Gasteiger partial charge in [0.1, 0.15) is 0 Å². The standard InChI is InChI=1S/C23H22N6O2/c1-27-20-19(21(30)28(2)23(27)31)29(15-9-14-17-10-5-3-6-11-17)22(25-20)26-24-16-18-12-7-4-8-13-18/h3-14,16H,15H2,1-2H3,(H,25,26)/b14-9+,24-16+. The largest absolute Gasteiger partial charge is 0.332 e. The molecule has 2 heterocycles. The lowest BCUT2D eigenvalue weighted by atomic mass is 10.2. The molecule has 0 radical (unpaired) electrons. The summed E-state index contributed by atoms with van der Waals surface area (Å²) in [4.78, 5) is 29.7. The predicted octanol–water partition coefficient (Wildman–Crippen LogP) is 2.59. The van der Waals surface area contributed by atoms with E-state index in [1.807, 2.05) is 72.8 Å². The average Bonchev–Trinajstić information content (AvgIpc) is 3.16. The second-order valence-electron chi connectivity index (χ2n) is 7.02. The van der Waals surface area contributed by atoms with Crippen LogP contribution in [0.2, 0.25) is 0 Å².